The summed E-state index contributed by atoms with van der Waals surface area (Å²) < 4.78 is 5.06. The number of carbonyl (C=O) groups excluding carboxylic acids is 1. The number of methoxy groups -OCH3 is 1. The van der Waals surface area contributed by atoms with Crippen LogP contribution in [-0.2, 0) is 4.74 Å². The van der Waals surface area contributed by atoms with Crippen LogP contribution >= 0.6 is 0 Å². The molecule has 6 nitrogen and oxygen atoms in total. The van der Waals surface area contributed by atoms with Gasteiger partial charge in [0.1, 0.15) is 11.4 Å². The molecule has 1 aromatic rings. The van der Waals surface area contributed by atoms with Crippen LogP contribution < -0.4 is 5.73 Å². The average Bonchev–Trinajstić information content (AvgIpc) is 2.80. The fourth-order valence-electron chi connectivity index (χ4n) is 1.99. The summed E-state index contributed by atoms with van der Waals surface area (Å²) in [6.07, 6.45) is 3.28. The van der Waals surface area contributed by atoms with E-state index in [2.05, 4.69) is 24.0 Å². The Balaban J connectivity index is 2.88. The molecular weight excluding hydrogens is 232 g/mol. The number of amides is 1. The number of rotatable bonds is 7. The molecule has 6 heteroatoms. The molecule has 0 unspecified atom stereocenters. The number of nitrogens with one attached hydrogen (secondary N) is 1. The zero-order valence-electron chi connectivity index (χ0n) is 11.3. The number of nitrogen functional groups attached to an aromatic ring is 1. The van der Waals surface area contributed by atoms with E-state index in [1.54, 1.807) is 7.11 Å². The van der Waals surface area contributed by atoms with Gasteiger partial charge in [-0.3, -0.25) is 9.89 Å². The van der Waals surface area contributed by atoms with Crippen molar-refractivity contribution in [2.75, 3.05) is 26.0 Å². The second-order valence-corrected chi connectivity index (χ2v) is 4.16. The van der Waals surface area contributed by atoms with Gasteiger partial charge in [-0.2, -0.15) is 5.10 Å². The molecule has 1 amide bonds. The van der Waals surface area contributed by atoms with Crippen molar-refractivity contribution in [3.8, 4) is 0 Å². The van der Waals surface area contributed by atoms with Gasteiger partial charge >= 0.3 is 0 Å². The number of carbonyl (C=O) groups is 1. The highest BCUT2D eigenvalue weighted by Crippen LogP contribution is 2.16. The van der Waals surface area contributed by atoms with Crippen molar-refractivity contribution in [1.82, 2.24) is 15.1 Å². The lowest BCUT2D eigenvalue weighted by Crippen LogP contribution is -2.41. The summed E-state index contributed by atoms with van der Waals surface area (Å²) in [6, 6.07) is 0.196. The third-order valence-corrected chi connectivity index (χ3v) is 3.08. The SMILES string of the molecule is CCC(CC)N(CCOC)C(=O)c1cn[nH]c1N. The van der Waals surface area contributed by atoms with Crippen LogP contribution in [0.2, 0.25) is 0 Å². The highest BCUT2D eigenvalue weighted by atomic mass is 16.5. The first kappa shape index (κ1) is 14.5. The predicted molar refractivity (Wildman–Crippen MR) is 70.3 cm³/mol. The van der Waals surface area contributed by atoms with Gasteiger partial charge in [-0.15, -0.1) is 0 Å². The molecule has 0 atom stereocenters. The van der Waals surface area contributed by atoms with Crippen LogP contribution in [0.1, 0.15) is 37.0 Å². The third-order valence-electron chi connectivity index (χ3n) is 3.08. The van der Waals surface area contributed by atoms with E-state index < -0.39 is 0 Å². The Morgan fingerprint density at radius 2 is 2.22 bits per heavy atom. The standard InChI is InChI=1S/C12H22N4O2/c1-4-9(5-2)16(6-7-18-3)12(17)10-8-14-15-11(10)13/h8-9H,4-7H2,1-3H3,(H3,13,14,15). The van der Waals surface area contributed by atoms with Gasteiger partial charge in [-0.25, -0.2) is 0 Å². The molecule has 0 fully saturated rings. The van der Waals surface area contributed by atoms with Crippen LogP contribution in [0.15, 0.2) is 6.20 Å². The Labute approximate surface area is 107 Å². The second kappa shape index (κ2) is 7.00. The van der Waals surface area contributed by atoms with Crippen molar-refractivity contribution in [1.29, 1.82) is 0 Å². The van der Waals surface area contributed by atoms with E-state index in [1.807, 2.05) is 4.90 Å². The van der Waals surface area contributed by atoms with Gasteiger partial charge in [-0.1, -0.05) is 13.8 Å². The maximum Gasteiger partial charge on any atom is 0.259 e. The van der Waals surface area contributed by atoms with Crippen molar-refractivity contribution in [2.24, 2.45) is 0 Å². The van der Waals surface area contributed by atoms with Crippen molar-refractivity contribution in [3.63, 3.8) is 0 Å². The summed E-state index contributed by atoms with van der Waals surface area (Å²) in [5, 5.41) is 6.37. The maximum atomic E-state index is 12.4. The first-order chi connectivity index (χ1) is 8.65. The Morgan fingerprint density at radius 1 is 1.56 bits per heavy atom. The molecule has 18 heavy (non-hydrogen) atoms. The fraction of sp³-hybridized carbons (Fsp3) is 0.667. The van der Waals surface area contributed by atoms with Gasteiger partial charge < -0.3 is 15.4 Å². The summed E-state index contributed by atoms with van der Waals surface area (Å²) in [4.78, 5) is 14.2. The van der Waals surface area contributed by atoms with Crippen molar-refractivity contribution < 1.29 is 9.53 Å². The van der Waals surface area contributed by atoms with Gasteiger partial charge in [0.25, 0.3) is 5.91 Å². The number of hydrogen-bond acceptors (Lipinski definition) is 4. The molecule has 0 radical (unpaired) electrons. The molecule has 0 saturated heterocycles. The minimum absolute atomic E-state index is 0.0907. The van der Waals surface area contributed by atoms with E-state index in [0.717, 1.165) is 12.8 Å². The maximum absolute atomic E-state index is 12.4. The number of hydrogen-bond donors (Lipinski definition) is 2. The van der Waals surface area contributed by atoms with Crippen molar-refractivity contribution >= 4 is 11.7 Å². The van der Waals surface area contributed by atoms with Crippen molar-refractivity contribution in [2.45, 2.75) is 32.7 Å². The van der Waals surface area contributed by atoms with Crippen LogP contribution in [0.5, 0.6) is 0 Å². The molecule has 3 N–H and O–H groups in total. The van der Waals surface area contributed by atoms with E-state index in [-0.39, 0.29) is 11.9 Å². The number of nitrogens with zero attached hydrogens (tertiary/aromatic N) is 2. The van der Waals surface area contributed by atoms with Crippen LogP contribution in [0.3, 0.4) is 0 Å². The van der Waals surface area contributed by atoms with Gasteiger partial charge in [0.05, 0.1) is 12.8 Å². The van der Waals surface area contributed by atoms with Crippen LogP contribution in [-0.4, -0.2) is 47.3 Å². The summed E-state index contributed by atoms with van der Waals surface area (Å²) in [5.41, 5.74) is 6.12. The Bertz CT molecular complexity index is 374. The van der Waals surface area contributed by atoms with Gasteiger partial charge in [0.2, 0.25) is 0 Å². The Kier molecular flexibility index (Phi) is 5.64. The molecule has 0 aliphatic heterocycles. The lowest BCUT2D eigenvalue weighted by atomic mass is 10.1. The van der Waals surface area contributed by atoms with E-state index in [9.17, 15) is 4.79 Å². The van der Waals surface area contributed by atoms with Crippen molar-refractivity contribution in [3.05, 3.63) is 11.8 Å². The van der Waals surface area contributed by atoms with Gasteiger partial charge in [0, 0.05) is 19.7 Å². The largest absolute Gasteiger partial charge is 0.383 e. The molecule has 0 aliphatic carbocycles. The molecule has 102 valence electrons. The molecule has 1 aromatic heterocycles. The molecule has 0 saturated carbocycles. The number of anilines is 1. The number of H-pyrrole nitrogens is 1. The van der Waals surface area contributed by atoms with Crippen LogP contribution in [0, 0.1) is 0 Å². The highest BCUT2D eigenvalue weighted by molar-refractivity contribution is 5.98. The summed E-state index contributed by atoms with van der Waals surface area (Å²) in [5.74, 6) is 0.223. The zero-order chi connectivity index (χ0) is 13.5. The Hall–Kier alpha value is -1.56. The highest BCUT2D eigenvalue weighted by Gasteiger charge is 2.24. The fourth-order valence-corrected chi connectivity index (χ4v) is 1.99. The minimum atomic E-state index is -0.0907. The van der Waals surface area contributed by atoms with Crippen LogP contribution in [0.25, 0.3) is 0 Å². The smallest absolute Gasteiger partial charge is 0.259 e. The van der Waals surface area contributed by atoms with E-state index >= 15 is 0 Å². The first-order valence-corrected chi connectivity index (χ1v) is 6.24. The second-order valence-electron chi connectivity index (χ2n) is 4.16. The van der Waals surface area contributed by atoms with E-state index in [1.165, 1.54) is 6.20 Å². The van der Waals surface area contributed by atoms with Gasteiger partial charge in [-0.05, 0) is 12.8 Å². The molecule has 0 spiro atoms. The number of ether oxygens (including phenoxy) is 1. The average molecular weight is 254 g/mol. The monoisotopic (exact) mass is 254 g/mol. The molecule has 0 aromatic carbocycles. The molecule has 1 rings (SSSR count). The third kappa shape index (κ3) is 3.22. The minimum Gasteiger partial charge on any atom is -0.383 e. The zero-order valence-corrected chi connectivity index (χ0v) is 11.3. The quantitative estimate of drug-likeness (QED) is 0.767. The normalized spacial score (nSPS) is 10.9. The predicted octanol–water partition coefficient (Wildman–Crippen LogP) is 1.27. The summed E-state index contributed by atoms with van der Waals surface area (Å²) >= 11 is 0. The molecule has 0 aliphatic rings. The lowest BCUT2D eigenvalue weighted by molar-refractivity contribution is 0.0590. The van der Waals surface area contributed by atoms with E-state index in [4.69, 9.17) is 10.5 Å². The van der Waals surface area contributed by atoms with E-state index in [0.29, 0.717) is 24.5 Å². The summed E-state index contributed by atoms with van der Waals surface area (Å²) in [6.45, 7) is 5.21. The Morgan fingerprint density at radius 3 is 2.67 bits per heavy atom. The van der Waals surface area contributed by atoms with Gasteiger partial charge in [0.15, 0.2) is 0 Å². The topological polar surface area (TPSA) is 84.2 Å². The number of aromatic nitrogens is 2. The molecule has 0 bridgehead atoms. The lowest BCUT2D eigenvalue weighted by Gasteiger charge is -2.30. The van der Waals surface area contributed by atoms with Crippen LogP contribution in [0.4, 0.5) is 5.82 Å². The first-order valence-electron chi connectivity index (χ1n) is 6.24. The molecular formula is C12H22N4O2. The number of aromatic amines is 1. The molecule has 1 heterocycles. The number of nitrogens with two attached hydrogens (primary N) is 1. The summed E-state index contributed by atoms with van der Waals surface area (Å²) in [7, 11) is 1.63.